The Labute approximate surface area is 149 Å². The number of nitriles is 1. The summed E-state index contributed by atoms with van der Waals surface area (Å²) in [7, 11) is -3.99. The summed E-state index contributed by atoms with van der Waals surface area (Å²) in [6, 6.07) is 12.0. The predicted molar refractivity (Wildman–Crippen MR) is 91.4 cm³/mol. The second-order valence-corrected chi connectivity index (χ2v) is 7.16. The van der Waals surface area contributed by atoms with Gasteiger partial charge in [-0.1, -0.05) is 35.3 Å². The van der Waals surface area contributed by atoms with Gasteiger partial charge in [0.25, 0.3) is 0 Å². The van der Waals surface area contributed by atoms with Gasteiger partial charge in [0.1, 0.15) is 6.07 Å². The molecule has 6 nitrogen and oxygen atoms in total. The SMILES string of the molecule is N#Cc1ccccc1S(=O)(=O)NCC(=O)Nc1ccc(Cl)c(Cl)c1. The minimum Gasteiger partial charge on any atom is -0.325 e. The van der Waals surface area contributed by atoms with Gasteiger partial charge in [-0.05, 0) is 30.3 Å². The summed E-state index contributed by atoms with van der Waals surface area (Å²) < 4.78 is 26.5. The fourth-order valence-electron chi connectivity index (χ4n) is 1.81. The molecule has 2 aromatic rings. The second-order valence-electron chi connectivity index (χ2n) is 4.61. The average molecular weight is 384 g/mol. The molecule has 0 aromatic heterocycles. The fraction of sp³-hybridized carbons (Fsp3) is 0.0667. The van der Waals surface area contributed by atoms with E-state index in [2.05, 4.69) is 10.0 Å². The van der Waals surface area contributed by atoms with E-state index in [0.717, 1.165) is 0 Å². The number of carbonyl (C=O) groups is 1. The summed E-state index contributed by atoms with van der Waals surface area (Å²) in [4.78, 5) is 11.7. The Morgan fingerprint density at radius 3 is 2.50 bits per heavy atom. The van der Waals surface area contributed by atoms with E-state index < -0.39 is 22.5 Å². The summed E-state index contributed by atoms with van der Waals surface area (Å²) >= 11 is 11.6. The molecule has 0 unspecified atom stereocenters. The van der Waals surface area contributed by atoms with Gasteiger partial charge in [0.2, 0.25) is 15.9 Å². The Bertz CT molecular complexity index is 924. The van der Waals surface area contributed by atoms with E-state index in [-0.39, 0.29) is 15.5 Å². The summed E-state index contributed by atoms with van der Waals surface area (Å²) in [5, 5.41) is 12.0. The van der Waals surface area contributed by atoms with Gasteiger partial charge in [-0.2, -0.15) is 5.26 Å². The van der Waals surface area contributed by atoms with E-state index in [1.165, 1.54) is 36.4 Å². The summed E-state index contributed by atoms with van der Waals surface area (Å²) in [5.41, 5.74) is 0.376. The van der Waals surface area contributed by atoms with E-state index in [1.807, 2.05) is 0 Å². The van der Waals surface area contributed by atoms with Crippen molar-refractivity contribution in [2.45, 2.75) is 4.90 Å². The topological polar surface area (TPSA) is 99.1 Å². The molecule has 2 N–H and O–H groups in total. The molecule has 0 radical (unpaired) electrons. The van der Waals surface area contributed by atoms with Crippen molar-refractivity contribution in [2.75, 3.05) is 11.9 Å². The lowest BCUT2D eigenvalue weighted by Crippen LogP contribution is -2.33. The number of rotatable bonds is 5. The second kappa shape index (κ2) is 7.64. The van der Waals surface area contributed by atoms with Crippen molar-refractivity contribution in [1.82, 2.24) is 4.72 Å². The van der Waals surface area contributed by atoms with Gasteiger partial charge in [0, 0.05) is 5.69 Å². The van der Waals surface area contributed by atoms with E-state index in [9.17, 15) is 13.2 Å². The molecule has 0 saturated carbocycles. The smallest absolute Gasteiger partial charge is 0.242 e. The normalized spacial score (nSPS) is 10.9. The van der Waals surface area contributed by atoms with E-state index in [1.54, 1.807) is 12.1 Å². The first-order valence-electron chi connectivity index (χ1n) is 6.57. The molecule has 0 atom stereocenters. The standard InChI is InChI=1S/C15H11Cl2N3O3S/c16-12-6-5-11(7-13(12)17)20-15(21)9-19-24(22,23)14-4-2-1-3-10(14)8-18/h1-7,19H,9H2,(H,20,21). The van der Waals surface area contributed by atoms with Crippen molar-refractivity contribution in [3.05, 3.63) is 58.1 Å². The molecule has 1 amide bonds. The number of nitrogens with zero attached hydrogens (tertiary/aromatic N) is 1. The summed E-state index contributed by atoms with van der Waals surface area (Å²) in [6.45, 7) is -0.498. The van der Waals surface area contributed by atoms with Crippen LogP contribution in [0, 0.1) is 11.3 Å². The first-order valence-corrected chi connectivity index (χ1v) is 8.81. The molecular weight excluding hydrogens is 373 g/mol. The molecule has 24 heavy (non-hydrogen) atoms. The number of hydrogen-bond donors (Lipinski definition) is 2. The molecule has 2 rings (SSSR count). The summed E-state index contributed by atoms with van der Waals surface area (Å²) in [6.07, 6.45) is 0. The molecule has 0 heterocycles. The van der Waals surface area contributed by atoms with Crippen LogP contribution in [0.25, 0.3) is 0 Å². The van der Waals surface area contributed by atoms with Crippen LogP contribution in [0.3, 0.4) is 0 Å². The van der Waals surface area contributed by atoms with Crippen molar-refractivity contribution in [3.8, 4) is 6.07 Å². The van der Waals surface area contributed by atoms with Crippen LogP contribution < -0.4 is 10.0 Å². The molecule has 0 saturated heterocycles. The van der Waals surface area contributed by atoms with Crippen LogP contribution in [-0.4, -0.2) is 20.9 Å². The van der Waals surface area contributed by atoms with Crippen molar-refractivity contribution < 1.29 is 13.2 Å². The minimum atomic E-state index is -3.99. The molecule has 0 bridgehead atoms. The van der Waals surface area contributed by atoms with Crippen LogP contribution in [0.4, 0.5) is 5.69 Å². The highest BCUT2D eigenvalue weighted by Gasteiger charge is 2.19. The third-order valence-corrected chi connectivity index (χ3v) is 5.12. The zero-order valence-electron chi connectivity index (χ0n) is 12.1. The largest absolute Gasteiger partial charge is 0.325 e. The maximum absolute atomic E-state index is 12.2. The molecule has 124 valence electrons. The highest BCUT2D eigenvalue weighted by atomic mass is 35.5. The van der Waals surface area contributed by atoms with E-state index in [0.29, 0.717) is 10.7 Å². The number of hydrogen-bond acceptors (Lipinski definition) is 4. The Balaban J connectivity index is 2.05. The maximum atomic E-state index is 12.2. The monoisotopic (exact) mass is 383 g/mol. The van der Waals surface area contributed by atoms with Gasteiger partial charge in [-0.25, -0.2) is 13.1 Å². The van der Waals surface area contributed by atoms with Gasteiger partial charge < -0.3 is 5.32 Å². The van der Waals surface area contributed by atoms with Crippen LogP contribution in [0.5, 0.6) is 0 Å². The number of benzene rings is 2. The highest BCUT2D eigenvalue weighted by Crippen LogP contribution is 2.24. The molecule has 0 spiro atoms. The van der Waals surface area contributed by atoms with Gasteiger partial charge in [0.05, 0.1) is 27.0 Å². The van der Waals surface area contributed by atoms with Crippen LogP contribution in [0.2, 0.25) is 10.0 Å². The van der Waals surface area contributed by atoms with Gasteiger partial charge in [0.15, 0.2) is 0 Å². The van der Waals surface area contributed by atoms with Crippen LogP contribution in [0.1, 0.15) is 5.56 Å². The van der Waals surface area contributed by atoms with Gasteiger partial charge in [-0.15, -0.1) is 0 Å². The van der Waals surface area contributed by atoms with Crippen LogP contribution >= 0.6 is 23.2 Å². The number of amides is 1. The number of anilines is 1. The fourth-order valence-corrected chi connectivity index (χ4v) is 3.25. The van der Waals surface area contributed by atoms with Crippen LogP contribution in [-0.2, 0) is 14.8 Å². The lowest BCUT2D eigenvalue weighted by Gasteiger charge is -2.09. The Hall–Kier alpha value is -2.11. The number of nitrogens with one attached hydrogen (secondary N) is 2. The van der Waals surface area contributed by atoms with Crippen molar-refractivity contribution in [2.24, 2.45) is 0 Å². The van der Waals surface area contributed by atoms with Crippen molar-refractivity contribution in [3.63, 3.8) is 0 Å². The third-order valence-electron chi connectivity index (χ3n) is 2.92. The number of halogens is 2. The first-order chi connectivity index (χ1) is 11.3. The Morgan fingerprint density at radius 1 is 1.12 bits per heavy atom. The lowest BCUT2D eigenvalue weighted by atomic mass is 10.2. The van der Waals surface area contributed by atoms with Gasteiger partial charge in [-0.3, -0.25) is 4.79 Å². The van der Waals surface area contributed by atoms with E-state index in [4.69, 9.17) is 28.5 Å². The average Bonchev–Trinajstić information content (AvgIpc) is 2.56. The van der Waals surface area contributed by atoms with Crippen molar-refractivity contribution >= 4 is 44.8 Å². The van der Waals surface area contributed by atoms with Gasteiger partial charge >= 0.3 is 0 Å². The Morgan fingerprint density at radius 2 is 1.83 bits per heavy atom. The third kappa shape index (κ3) is 4.46. The molecule has 0 aliphatic heterocycles. The molecule has 0 aliphatic rings. The molecule has 9 heteroatoms. The number of sulfonamides is 1. The molecule has 0 aliphatic carbocycles. The van der Waals surface area contributed by atoms with Crippen molar-refractivity contribution in [1.29, 1.82) is 5.26 Å². The number of carbonyl (C=O) groups excluding carboxylic acids is 1. The first kappa shape index (κ1) is 18.2. The molecular formula is C15H11Cl2N3O3S. The molecule has 0 fully saturated rings. The lowest BCUT2D eigenvalue weighted by molar-refractivity contribution is -0.115. The Kier molecular flexibility index (Phi) is 5.80. The van der Waals surface area contributed by atoms with Crippen LogP contribution in [0.15, 0.2) is 47.4 Å². The zero-order chi connectivity index (χ0) is 17.7. The minimum absolute atomic E-state index is 0.00473. The predicted octanol–water partition coefficient (Wildman–Crippen LogP) is 2.78. The van der Waals surface area contributed by atoms with E-state index >= 15 is 0 Å². The quantitative estimate of drug-likeness (QED) is 0.828. The maximum Gasteiger partial charge on any atom is 0.242 e. The summed E-state index contributed by atoms with van der Waals surface area (Å²) in [5.74, 6) is -0.591. The molecule has 2 aromatic carbocycles. The highest BCUT2D eigenvalue weighted by molar-refractivity contribution is 7.89. The zero-order valence-corrected chi connectivity index (χ0v) is 14.4.